The molecule has 4 rings (SSSR count). The molecule has 3 heterocycles. The number of benzene rings is 1. The Bertz CT molecular complexity index is 1060. The molecule has 9 heteroatoms. The van der Waals surface area contributed by atoms with Gasteiger partial charge in [0.15, 0.2) is 0 Å². The zero-order chi connectivity index (χ0) is 22.5. The summed E-state index contributed by atoms with van der Waals surface area (Å²) in [4.78, 5) is 39.2. The molecular weight excluding hydrogens is 408 g/mol. The highest BCUT2D eigenvalue weighted by Crippen LogP contribution is 2.24. The van der Waals surface area contributed by atoms with Crippen molar-refractivity contribution >= 4 is 28.9 Å². The Morgan fingerprint density at radius 2 is 2.03 bits per heavy atom. The van der Waals surface area contributed by atoms with Crippen LogP contribution < -0.4 is 11.1 Å². The van der Waals surface area contributed by atoms with E-state index in [0.29, 0.717) is 55.2 Å². The number of aliphatic imine (C=N–C) groups is 1. The number of aromatic nitrogens is 2. The molecule has 1 unspecified atom stereocenters. The molecule has 2 aliphatic rings. The molecule has 1 aromatic carbocycles. The highest BCUT2D eigenvalue weighted by atomic mass is 16.5. The van der Waals surface area contributed by atoms with E-state index in [2.05, 4.69) is 15.3 Å². The lowest BCUT2D eigenvalue weighted by Crippen LogP contribution is -2.40. The van der Waals surface area contributed by atoms with E-state index in [9.17, 15) is 9.59 Å². The van der Waals surface area contributed by atoms with Crippen molar-refractivity contribution in [3.05, 3.63) is 59.7 Å². The number of likely N-dealkylation sites (tertiary alicyclic amines) is 1. The van der Waals surface area contributed by atoms with Crippen molar-refractivity contribution in [2.75, 3.05) is 31.6 Å². The summed E-state index contributed by atoms with van der Waals surface area (Å²) in [5.41, 5.74) is 10.5. The summed E-state index contributed by atoms with van der Waals surface area (Å²) in [5, 5.41) is 2.77. The first-order valence-electron chi connectivity index (χ1n) is 10.6. The Balaban J connectivity index is 1.64. The lowest BCUT2D eigenvalue weighted by molar-refractivity contribution is -0.128. The van der Waals surface area contributed by atoms with Gasteiger partial charge in [0.05, 0.1) is 30.7 Å². The summed E-state index contributed by atoms with van der Waals surface area (Å²) in [6.45, 7) is 3.87. The molecule has 0 saturated carbocycles. The molecular formula is C23H26N6O3. The molecule has 0 spiro atoms. The van der Waals surface area contributed by atoms with E-state index in [1.807, 2.05) is 6.07 Å². The number of carbonyl (C=O) groups excluding carboxylic acids is 2. The normalized spacial score (nSPS) is 21.5. The van der Waals surface area contributed by atoms with Crippen LogP contribution in [0.3, 0.4) is 0 Å². The Morgan fingerprint density at radius 1 is 1.25 bits per heavy atom. The first-order chi connectivity index (χ1) is 15.5. The second-order valence-corrected chi connectivity index (χ2v) is 7.84. The van der Waals surface area contributed by atoms with Crippen molar-refractivity contribution < 1.29 is 14.3 Å². The van der Waals surface area contributed by atoms with Gasteiger partial charge >= 0.3 is 0 Å². The smallest absolute Gasteiger partial charge is 0.255 e. The topological polar surface area (TPSA) is 123 Å². The molecule has 2 saturated heterocycles. The summed E-state index contributed by atoms with van der Waals surface area (Å²) in [6.07, 6.45) is 5.97. The summed E-state index contributed by atoms with van der Waals surface area (Å²) < 4.78 is 5.46. The van der Waals surface area contributed by atoms with Crippen molar-refractivity contribution in [3.8, 4) is 0 Å². The first-order valence-corrected chi connectivity index (χ1v) is 10.6. The average molecular weight is 435 g/mol. The average Bonchev–Trinajstić information content (AvgIpc) is 3.32. The standard InChI is InChI=1S/C23H26N6O3/c1-15(30)29-7-5-21(27-18-6-8-32-13-18)20(12-29)22(24)16-3-2-4-17(9-16)23(31)28-19-10-25-14-26-11-19/h2-4,9-11,14,18H,5-8,12-13,24H2,1H3,(H,28,31). The lowest BCUT2D eigenvalue weighted by Gasteiger charge is -2.30. The molecule has 2 amide bonds. The van der Waals surface area contributed by atoms with Gasteiger partial charge in [-0.15, -0.1) is 0 Å². The molecule has 9 nitrogen and oxygen atoms in total. The van der Waals surface area contributed by atoms with Crippen molar-refractivity contribution in [3.63, 3.8) is 0 Å². The zero-order valence-corrected chi connectivity index (χ0v) is 18.0. The van der Waals surface area contributed by atoms with Crippen molar-refractivity contribution in [1.82, 2.24) is 14.9 Å². The number of ether oxygens (including phenoxy) is 1. The van der Waals surface area contributed by atoms with Crippen LogP contribution in [0.15, 0.2) is 53.6 Å². The van der Waals surface area contributed by atoms with Crippen LogP contribution in [0.1, 0.15) is 35.7 Å². The fourth-order valence-corrected chi connectivity index (χ4v) is 3.82. The number of piperidine rings is 1. The molecule has 166 valence electrons. The third-order valence-electron chi connectivity index (χ3n) is 5.58. The molecule has 0 radical (unpaired) electrons. The van der Waals surface area contributed by atoms with Crippen molar-refractivity contribution in [1.29, 1.82) is 0 Å². The zero-order valence-electron chi connectivity index (χ0n) is 18.0. The van der Waals surface area contributed by atoms with Crippen molar-refractivity contribution in [2.45, 2.75) is 25.8 Å². The van der Waals surface area contributed by atoms with E-state index in [-0.39, 0.29) is 17.9 Å². The minimum atomic E-state index is -0.287. The first kappa shape index (κ1) is 21.6. The highest BCUT2D eigenvalue weighted by Gasteiger charge is 2.26. The van der Waals surface area contributed by atoms with Crippen LogP contribution in [-0.2, 0) is 9.53 Å². The van der Waals surface area contributed by atoms with E-state index < -0.39 is 0 Å². The molecule has 2 aromatic rings. The lowest BCUT2D eigenvalue weighted by atomic mass is 9.95. The Labute approximate surface area is 186 Å². The Kier molecular flexibility index (Phi) is 6.55. The third kappa shape index (κ3) is 5.00. The quantitative estimate of drug-likeness (QED) is 0.757. The number of anilines is 1. The minimum absolute atomic E-state index is 0.00300. The van der Waals surface area contributed by atoms with Gasteiger partial charge in [0.1, 0.15) is 6.33 Å². The Hall–Kier alpha value is -3.59. The maximum atomic E-state index is 12.7. The molecule has 2 fully saturated rings. The van der Waals surface area contributed by atoms with Crippen LogP contribution in [0.25, 0.3) is 5.70 Å². The predicted octanol–water partition coefficient (Wildman–Crippen LogP) is 1.88. The number of hydrogen-bond acceptors (Lipinski definition) is 7. The van der Waals surface area contributed by atoms with Gasteiger partial charge in [-0.3, -0.25) is 14.6 Å². The number of nitrogens with one attached hydrogen (secondary N) is 1. The van der Waals surface area contributed by atoms with Gasteiger partial charge in [-0.05, 0) is 24.1 Å². The van der Waals surface area contributed by atoms with Gasteiger partial charge in [0.2, 0.25) is 5.91 Å². The molecule has 32 heavy (non-hydrogen) atoms. The van der Waals surface area contributed by atoms with Gasteiger partial charge in [-0.2, -0.15) is 0 Å². The van der Waals surface area contributed by atoms with Crippen LogP contribution in [0, 0.1) is 0 Å². The maximum absolute atomic E-state index is 12.7. The Morgan fingerprint density at radius 3 is 2.75 bits per heavy atom. The SMILES string of the molecule is CC(=O)N1CCC(=NC2CCOC2)C(=C(N)c2cccc(C(=O)Nc3cncnc3)c2)C1. The monoisotopic (exact) mass is 434 g/mol. The summed E-state index contributed by atoms with van der Waals surface area (Å²) in [6, 6.07) is 7.21. The van der Waals surface area contributed by atoms with Gasteiger partial charge in [0, 0.05) is 55.6 Å². The van der Waals surface area contributed by atoms with E-state index in [4.69, 9.17) is 15.5 Å². The molecule has 0 bridgehead atoms. The van der Waals surface area contributed by atoms with Crippen LogP contribution in [0.2, 0.25) is 0 Å². The second kappa shape index (κ2) is 9.69. The molecule has 2 aliphatic heterocycles. The van der Waals surface area contributed by atoms with Gasteiger partial charge in [-0.1, -0.05) is 12.1 Å². The fourth-order valence-electron chi connectivity index (χ4n) is 3.82. The predicted molar refractivity (Wildman–Crippen MR) is 121 cm³/mol. The van der Waals surface area contributed by atoms with Gasteiger partial charge in [-0.25, -0.2) is 9.97 Å². The minimum Gasteiger partial charge on any atom is -0.398 e. The van der Waals surface area contributed by atoms with E-state index in [1.54, 1.807) is 30.0 Å². The fraction of sp³-hybridized carbons (Fsp3) is 0.348. The van der Waals surface area contributed by atoms with E-state index in [0.717, 1.165) is 17.7 Å². The number of nitrogens with zero attached hydrogens (tertiary/aromatic N) is 4. The number of nitrogens with two attached hydrogens (primary N) is 1. The molecule has 0 aliphatic carbocycles. The number of hydrogen-bond donors (Lipinski definition) is 2. The second-order valence-electron chi connectivity index (χ2n) is 7.84. The summed E-state index contributed by atoms with van der Waals surface area (Å²) >= 11 is 0. The number of rotatable bonds is 4. The highest BCUT2D eigenvalue weighted by molar-refractivity contribution is 6.09. The van der Waals surface area contributed by atoms with E-state index in [1.165, 1.54) is 18.7 Å². The number of carbonyl (C=O) groups is 2. The van der Waals surface area contributed by atoms with Crippen LogP contribution in [0.5, 0.6) is 0 Å². The maximum Gasteiger partial charge on any atom is 0.255 e. The van der Waals surface area contributed by atoms with Crippen LogP contribution in [-0.4, -0.2) is 64.7 Å². The molecule has 1 atom stereocenters. The number of amides is 2. The van der Waals surface area contributed by atoms with Crippen LogP contribution >= 0.6 is 0 Å². The van der Waals surface area contributed by atoms with E-state index >= 15 is 0 Å². The summed E-state index contributed by atoms with van der Waals surface area (Å²) in [7, 11) is 0. The van der Waals surface area contributed by atoms with Gasteiger partial charge < -0.3 is 20.7 Å². The van der Waals surface area contributed by atoms with Gasteiger partial charge in [0.25, 0.3) is 5.91 Å². The molecule has 1 aromatic heterocycles. The third-order valence-corrected chi connectivity index (χ3v) is 5.58. The van der Waals surface area contributed by atoms with Crippen LogP contribution in [0.4, 0.5) is 5.69 Å². The summed E-state index contributed by atoms with van der Waals surface area (Å²) in [5.74, 6) is -0.290. The largest absolute Gasteiger partial charge is 0.398 e. The van der Waals surface area contributed by atoms with Crippen molar-refractivity contribution in [2.24, 2.45) is 10.7 Å². The molecule has 3 N–H and O–H groups in total.